The van der Waals surface area contributed by atoms with Gasteiger partial charge >= 0.3 is 13.0 Å². The number of nitrogens with zero attached hydrogens (tertiary/aromatic N) is 3. The Morgan fingerprint density at radius 3 is 1.62 bits per heavy atom. The van der Waals surface area contributed by atoms with Crippen LogP contribution in [0.15, 0.2) is 146 Å². The monoisotopic (exact) mass is 885 g/mol. The van der Waals surface area contributed by atoms with Crippen LogP contribution >= 0.6 is 0 Å². The number of hydrogen-bond donors (Lipinski definition) is 4. The molecule has 66 heavy (non-hydrogen) atoms. The summed E-state index contributed by atoms with van der Waals surface area (Å²) in [4.78, 5) is 43.0. The third kappa shape index (κ3) is 13.5. The number of aliphatic hydroxyl groups is 2. The van der Waals surface area contributed by atoms with Crippen molar-refractivity contribution in [2.75, 3.05) is 24.6 Å². The molecule has 1 aliphatic heterocycles. The van der Waals surface area contributed by atoms with Crippen molar-refractivity contribution < 1.29 is 34.7 Å². The van der Waals surface area contributed by atoms with Crippen molar-refractivity contribution in [3.63, 3.8) is 0 Å². The first-order valence-electron chi connectivity index (χ1n) is 22.8. The number of anilines is 1. The van der Waals surface area contributed by atoms with Gasteiger partial charge in [0.05, 0.1) is 16.6 Å². The number of aromatic nitrogens is 2. The number of pyridine rings is 2. The fourth-order valence-corrected chi connectivity index (χ4v) is 8.62. The average Bonchev–Trinajstić information content (AvgIpc) is 3.36. The van der Waals surface area contributed by atoms with Gasteiger partial charge in [-0.05, 0) is 130 Å². The van der Waals surface area contributed by atoms with Crippen LogP contribution in [0.25, 0.3) is 21.8 Å². The van der Waals surface area contributed by atoms with Crippen LogP contribution in [0.1, 0.15) is 75.2 Å². The van der Waals surface area contributed by atoms with E-state index in [1.807, 2.05) is 77.6 Å². The van der Waals surface area contributed by atoms with E-state index in [4.69, 9.17) is 10.2 Å². The Morgan fingerprint density at radius 2 is 1.08 bits per heavy atom. The number of aryl methyl sites for hydroxylation is 2. The molecule has 7 aromatic rings. The van der Waals surface area contributed by atoms with E-state index in [0.717, 1.165) is 79.0 Å². The first-order chi connectivity index (χ1) is 31.9. The summed E-state index contributed by atoms with van der Waals surface area (Å²) < 4.78 is 0. The average molecular weight is 886 g/mol. The number of carboxylic acids is 1. The van der Waals surface area contributed by atoms with Gasteiger partial charge in [-0.25, -0.2) is 4.79 Å². The number of Topliss-reactive ketones (excluding diaryl/α,β-unsaturated/α-hetero) is 2. The number of rotatable bonds is 6. The molecule has 2 aliphatic carbocycles. The summed E-state index contributed by atoms with van der Waals surface area (Å²) in [6, 6.07) is 43.7. The van der Waals surface area contributed by atoms with Gasteiger partial charge in [0.25, 0.3) is 0 Å². The molecule has 11 heteroatoms. The van der Waals surface area contributed by atoms with E-state index in [1.54, 1.807) is 32.9 Å². The highest BCUT2D eigenvalue weighted by Gasteiger charge is 2.28. The van der Waals surface area contributed by atoms with E-state index >= 15 is 0 Å². The summed E-state index contributed by atoms with van der Waals surface area (Å²) in [5, 5.41) is 38.5. The summed E-state index contributed by atoms with van der Waals surface area (Å²) in [6.45, 7) is 6.26. The SMILES string of the molecule is CB(O)N1CC(CO)Cc2ccccc21.CC(=O)C1CCc2ccccc2C1.CC(=O)c1cnc2ccccc2c1.O=C(O)c1cnc2ccccc2c1.OCC1CCc2ccccc2C1. The number of ketones is 2. The Bertz CT molecular complexity index is 2630. The molecule has 10 nitrogen and oxygen atoms in total. The number of para-hydroxylation sites is 3. The van der Waals surface area contributed by atoms with Crippen LogP contribution < -0.4 is 4.81 Å². The quantitative estimate of drug-likeness (QED) is 0.0936. The van der Waals surface area contributed by atoms with Crippen LogP contribution in [0.4, 0.5) is 5.69 Å². The maximum atomic E-state index is 11.2. The topological polar surface area (TPSA) is 161 Å². The molecule has 340 valence electrons. The number of carbonyl (C=O) groups excluding carboxylic acids is 2. The van der Waals surface area contributed by atoms with Crippen molar-refractivity contribution in [3.05, 3.63) is 185 Å². The first kappa shape index (κ1) is 48.9. The van der Waals surface area contributed by atoms with E-state index < -0.39 is 13.0 Å². The molecule has 2 aromatic heterocycles. The van der Waals surface area contributed by atoms with Gasteiger partial charge in [-0.1, -0.05) is 103 Å². The minimum absolute atomic E-state index is 0.0539. The molecule has 0 saturated carbocycles. The maximum absolute atomic E-state index is 11.2. The Morgan fingerprint density at radius 1 is 0.606 bits per heavy atom. The molecule has 0 bridgehead atoms. The number of benzene rings is 5. The molecule has 0 amide bonds. The highest BCUT2D eigenvalue weighted by Crippen LogP contribution is 2.30. The normalized spacial score (nSPS) is 16.6. The molecule has 4 N–H and O–H groups in total. The molecule has 3 heterocycles. The van der Waals surface area contributed by atoms with Gasteiger partial charge in [0.15, 0.2) is 5.78 Å². The van der Waals surface area contributed by atoms with Gasteiger partial charge in [-0.2, -0.15) is 0 Å². The molecular formula is C55H60BN3O7. The molecule has 0 spiro atoms. The van der Waals surface area contributed by atoms with Gasteiger partial charge in [-0.3, -0.25) is 19.6 Å². The molecule has 0 radical (unpaired) electrons. The number of aliphatic hydroxyl groups excluding tert-OH is 2. The van der Waals surface area contributed by atoms with Crippen LogP contribution in [-0.2, 0) is 36.9 Å². The smallest absolute Gasteiger partial charge is 0.409 e. The molecule has 0 fully saturated rings. The first-order valence-corrected chi connectivity index (χ1v) is 22.8. The minimum Gasteiger partial charge on any atom is -0.478 e. The summed E-state index contributed by atoms with van der Waals surface area (Å²) in [6.07, 6.45) is 10.3. The number of hydrogen-bond acceptors (Lipinski definition) is 9. The van der Waals surface area contributed by atoms with Gasteiger partial charge in [0.2, 0.25) is 0 Å². The number of aromatic carboxylic acids is 1. The number of carboxylic acid groups (broad SMARTS) is 1. The third-order valence-corrected chi connectivity index (χ3v) is 12.4. The lowest BCUT2D eigenvalue weighted by Gasteiger charge is -2.36. The number of carbonyl (C=O) groups is 3. The molecule has 3 atom stereocenters. The molecular weight excluding hydrogens is 825 g/mol. The second-order valence-corrected chi connectivity index (χ2v) is 17.2. The largest absolute Gasteiger partial charge is 0.478 e. The second kappa shape index (κ2) is 24.1. The van der Waals surface area contributed by atoms with Gasteiger partial charge in [0.1, 0.15) is 5.78 Å². The van der Waals surface area contributed by atoms with Crippen LogP contribution in [0.2, 0.25) is 6.82 Å². The zero-order chi connectivity index (χ0) is 47.0. The van der Waals surface area contributed by atoms with Crippen LogP contribution in [0.5, 0.6) is 0 Å². The summed E-state index contributed by atoms with van der Waals surface area (Å²) in [5.74, 6) is 0.454. The van der Waals surface area contributed by atoms with E-state index in [-0.39, 0.29) is 29.8 Å². The Kier molecular flexibility index (Phi) is 17.9. The van der Waals surface area contributed by atoms with Gasteiger partial charge in [-0.15, -0.1) is 0 Å². The standard InChI is InChI=1S/C12H14O.C11H16BNO2.C11H9NO.C11H14O.C10H7NO2/c1-9(13)11-7-6-10-4-2-3-5-12(10)8-11;1-12(15)13-7-9(8-14)6-10-4-2-3-5-11(10)13;1-8(13)10-6-9-4-2-3-5-11(9)12-7-10;12-8-9-5-6-10-3-1-2-4-11(10)7-9;12-10(13)8-5-7-3-1-2-4-9(7)11-6-8/h2-5,11H,6-8H2,1H3;2-5,9,14-15H,6-8H2,1H3;2-7H,1H3;1-4,9,12H,5-8H2;1-6H,(H,12,13). The summed E-state index contributed by atoms with van der Waals surface area (Å²) in [5.41, 5.74) is 10.6. The summed E-state index contributed by atoms with van der Waals surface area (Å²) >= 11 is 0. The van der Waals surface area contributed by atoms with E-state index in [0.29, 0.717) is 23.9 Å². The Hall–Kier alpha value is -6.53. The second-order valence-electron chi connectivity index (χ2n) is 17.2. The lowest BCUT2D eigenvalue weighted by atomic mass is 9.79. The van der Waals surface area contributed by atoms with Crippen molar-refractivity contribution in [3.8, 4) is 0 Å². The molecule has 0 saturated heterocycles. The van der Waals surface area contributed by atoms with Crippen LogP contribution in [0, 0.1) is 17.8 Å². The van der Waals surface area contributed by atoms with Crippen molar-refractivity contribution in [2.24, 2.45) is 17.8 Å². The predicted octanol–water partition coefficient (Wildman–Crippen LogP) is 9.30. The molecule has 3 unspecified atom stereocenters. The van der Waals surface area contributed by atoms with E-state index in [9.17, 15) is 24.5 Å². The minimum atomic E-state index is -0.946. The number of fused-ring (bicyclic) bond motifs is 5. The van der Waals surface area contributed by atoms with Crippen LogP contribution in [0.3, 0.4) is 0 Å². The molecule has 3 aliphatic rings. The Labute approximate surface area is 388 Å². The summed E-state index contributed by atoms with van der Waals surface area (Å²) in [7, 11) is -0.500. The fraction of sp³-hybridized carbons (Fsp3) is 0.291. The zero-order valence-electron chi connectivity index (χ0n) is 38.1. The van der Waals surface area contributed by atoms with Gasteiger partial charge < -0.3 is 25.2 Å². The van der Waals surface area contributed by atoms with Crippen molar-refractivity contribution in [1.82, 2.24) is 9.97 Å². The lowest BCUT2D eigenvalue weighted by Crippen LogP contribution is -2.45. The van der Waals surface area contributed by atoms with E-state index in [1.165, 1.54) is 34.0 Å². The molecule has 5 aromatic carbocycles. The van der Waals surface area contributed by atoms with E-state index in [2.05, 4.69) is 64.6 Å². The van der Waals surface area contributed by atoms with Crippen molar-refractivity contribution in [2.45, 2.75) is 65.6 Å². The van der Waals surface area contributed by atoms with Crippen LogP contribution in [-0.4, -0.2) is 74.7 Å². The fourth-order valence-electron chi connectivity index (χ4n) is 8.62. The molecule has 10 rings (SSSR count). The van der Waals surface area contributed by atoms with Gasteiger partial charge in [0, 0.05) is 66.0 Å². The third-order valence-electron chi connectivity index (χ3n) is 12.4. The zero-order valence-corrected chi connectivity index (χ0v) is 38.1. The highest BCUT2D eigenvalue weighted by atomic mass is 16.4. The maximum Gasteiger partial charge on any atom is 0.409 e. The van der Waals surface area contributed by atoms with Crippen molar-refractivity contribution in [1.29, 1.82) is 0 Å². The predicted molar refractivity (Wildman–Crippen MR) is 264 cm³/mol. The van der Waals surface area contributed by atoms with Crippen molar-refractivity contribution >= 4 is 52.1 Å². The Balaban J connectivity index is 0.000000137. The lowest BCUT2D eigenvalue weighted by molar-refractivity contribution is -0.121. The highest BCUT2D eigenvalue weighted by molar-refractivity contribution is 6.53.